The van der Waals surface area contributed by atoms with Crippen molar-refractivity contribution < 1.29 is 4.79 Å². The summed E-state index contributed by atoms with van der Waals surface area (Å²) in [5.74, 6) is 0.939. The third-order valence-electron chi connectivity index (χ3n) is 4.04. The van der Waals surface area contributed by atoms with Crippen molar-refractivity contribution in [1.82, 2.24) is 5.32 Å². The standard InChI is InChI=1S/C15H19BrN2OS/c16-12-3-1-2-4-13(12)20-9-15(14(17)19,10-5-6-10)18-11-7-8-11/h1-4,10-11,18H,5-9H2,(H2,17,19). The van der Waals surface area contributed by atoms with E-state index in [1.165, 1.54) is 12.8 Å². The van der Waals surface area contributed by atoms with Gasteiger partial charge in [0.1, 0.15) is 5.54 Å². The number of rotatable bonds is 7. The van der Waals surface area contributed by atoms with Crippen LogP contribution in [0.2, 0.25) is 0 Å². The van der Waals surface area contributed by atoms with Crippen LogP contribution in [0, 0.1) is 5.92 Å². The molecule has 0 bridgehead atoms. The molecule has 2 aliphatic carbocycles. The van der Waals surface area contributed by atoms with Crippen molar-refractivity contribution in [1.29, 1.82) is 0 Å². The second-order valence-electron chi connectivity index (χ2n) is 5.75. The second kappa shape index (κ2) is 5.70. The number of hydrogen-bond acceptors (Lipinski definition) is 3. The van der Waals surface area contributed by atoms with Crippen molar-refractivity contribution >= 4 is 33.6 Å². The topological polar surface area (TPSA) is 55.1 Å². The van der Waals surface area contributed by atoms with E-state index in [4.69, 9.17) is 5.73 Å². The summed E-state index contributed by atoms with van der Waals surface area (Å²) in [6.07, 6.45) is 4.56. The van der Waals surface area contributed by atoms with E-state index in [2.05, 4.69) is 27.3 Å². The fraction of sp³-hybridized carbons (Fsp3) is 0.533. The molecule has 1 amide bonds. The highest BCUT2D eigenvalue weighted by molar-refractivity contribution is 9.10. The number of carbonyl (C=O) groups excluding carboxylic acids is 1. The Bertz CT molecular complexity index is 516. The number of nitrogens with two attached hydrogens (primary N) is 1. The number of carbonyl (C=O) groups is 1. The smallest absolute Gasteiger partial charge is 0.238 e. The molecule has 1 aromatic rings. The van der Waals surface area contributed by atoms with Gasteiger partial charge in [0, 0.05) is 21.2 Å². The van der Waals surface area contributed by atoms with Gasteiger partial charge in [-0.2, -0.15) is 0 Å². The fourth-order valence-electron chi connectivity index (χ4n) is 2.54. The molecule has 1 aromatic carbocycles. The Morgan fingerprint density at radius 1 is 1.35 bits per heavy atom. The van der Waals surface area contributed by atoms with Crippen LogP contribution in [-0.2, 0) is 4.79 Å². The Morgan fingerprint density at radius 2 is 2.05 bits per heavy atom. The SMILES string of the molecule is NC(=O)C(CSc1ccccc1Br)(NC1CC1)C1CC1. The molecule has 5 heteroatoms. The van der Waals surface area contributed by atoms with Gasteiger partial charge >= 0.3 is 0 Å². The molecule has 0 heterocycles. The monoisotopic (exact) mass is 354 g/mol. The van der Waals surface area contributed by atoms with Gasteiger partial charge in [0.05, 0.1) is 0 Å². The van der Waals surface area contributed by atoms with Crippen LogP contribution in [0.25, 0.3) is 0 Å². The van der Waals surface area contributed by atoms with Crippen molar-refractivity contribution in [2.24, 2.45) is 11.7 Å². The van der Waals surface area contributed by atoms with E-state index in [1.54, 1.807) is 11.8 Å². The Kier molecular flexibility index (Phi) is 4.11. The zero-order valence-corrected chi connectivity index (χ0v) is 13.7. The predicted octanol–water partition coefficient (Wildman–Crippen LogP) is 2.93. The van der Waals surface area contributed by atoms with Crippen molar-refractivity contribution in [2.45, 2.75) is 42.2 Å². The van der Waals surface area contributed by atoms with Crippen LogP contribution in [0.5, 0.6) is 0 Å². The molecule has 3 N–H and O–H groups in total. The van der Waals surface area contributed by atoms with Crippen LogP contribution in [0.15, 0.2) is 33.6 Å². The highest BCUT2D eigenvalue weighted by Gasteiger charge is 2.51. The molecule has 1 atom stereocenters. The summed E-state index contributed by atoms with van der Waals surface area (Å²) in [5, 5.41) is 3.54. The van der Waals surface area contributed by atoms with Gasteiger partial charge in [-0.15, -0.1) is 11.8 Å². The van der Waals surface area contributed by atoms with Crippen molar-refractivity contribution in [3.05, 3.63) is 28.7 Å². The van der Waals surface area contributed by atoms with Gasteiger partial charge < -0.3 is 5.73 Å². The molecule has 2 saturated carbocycles. The normalized spacial score (nSPS) is 21.4. The van der Waals surface area contributed by atoms with Crippen molar-refractivity contribution in [3.63, 3.8) is 0 Å². The largest absolute Gasteiger partial charge is 0.368 e. The molecule has 108 valence electrons. The van der Waals surface area contributed by atoms with E-state index in [0.717, 1.165) is 22.2 Å². The third-order valence-corrected chi connectivity index (χ3v) is 6.27. The van der Waals surface area contributed by atoms with Gasteiger partial charge in [-0.05, 0) is 59.7 Å². The first-order chi connectivity index (χ1) is 9.62. The molecule has 0 spiro atoms. The molecule has 0 radical (unpaired) electrons. The summed E-state index contributed by atoms with van der Waals surface area (Å²) < 4.78 is 1.07. The predicted molar refractivity (Wildman–Crippen MR) is 85.7 cm³/mol. The summed E-state index contributed by atoms with van der Waals surface area (Å²) in [6, 6.07) is 8.61. The number of nitrogens with one attached hydrogen (secondary N) is 1. The van der Waals surface area contributed by atoms with Crippen LogP contribution in [-0.4, -0.2) is 23.2 Å². The second-order valence-corrected chi connectivity index (χ2v) is 7.62. The van der Waals surface area contributed by atoms with Crippen LogP contribution < -0.4 is 11.1 Å². The summed E-state index contributed by atoms with van der Waals surface area (Å²) in [7, 11) is 0. The van der Waals surface area contributed by atoms with Crippen LogP contribution in [0.3, 0.4) is 0 Å². The van der Waals surface area contributed by atoms with Crippen molar-refractivity contribution in [3.8, 4) is 0 Å². The molecule has 0 aromatic heterocycles. The van der Waals surface area contributed by atoms with E-state index < -0.39 is 5.54 Å². The Balaban J connectivity index is 1.75. The lowest BCUT2D eigenvalue weighted by molar-refractivity contribution is -0.124. The molecule has 2 aliphatic rings. The fourth-order valence-corrected chi connectivity index (χ4v) is 4.40. The number of halogens is 1. The number of hydrogen-bond donors (Lipinski definition) is 2. The average molecular weight is 355 g/mol. The summed E-state index contributed by atoms with van der Waals surface area (Å²) in [6.45, 7) is 0. The number of benzene rings is 1. The van der Waals surface area contributed by atoms with E-state index in [-0.39, 0.29) is 5.91 Å². The summed E-state index contributed by atoms with van der Waals surface area (Å²) in [4.78, 5) is 13.3. The highest BCUT2D eigenvalue weighted by atomic mass is 79.9. The maximum Gasteiger partial charge on any atom is 0.238 e. The van der Waals surface area contributed by atoms with E-state index in [0.29, 0.717) is 17.7 Å². The first kappa shape index (κ1) is 14.4. The van der Waals surface area contributed by atoms with Crippen molar-refractivity contribution in [2.75, 3.05) is 5.75 Å². The minimum Gasteiger partial charge on any atom is -0.368 e. The molecule has 20 heavy (non-hydrogen) atoms. The maximum absolute atomic E-state index is 12.1. The molecule has 0 aliphatic heterocycles. The molecule has 3 nitrogen and oxygen atoms in total. The maximum atomic E-state index is 12.1. The summed E-state index contributed by atoms with van der Waals surface area (Å²) >= 11 is 5.27. The highest BCUT2D eigenvalue weighted by Crippen LogP contribution is 2.44. The zero-order valence-electron chi connectivity index (χ0n) is 11.3. The molecule has 2 fully saturated rings. The first-order valence-electron chi connectivity index (χ1n) is 7.07. The molecule has 0 saturated heterocycles. The Hall–Kier alpha value is -0.520. The summed E-state index contributed by atoms with van der Waals surface area (Å²) in [5.41, 5.74) is 5.24. The van der Waals surface area contributed by atoms with Gasteiger partial charge in [0.2, 0.25) is 5.91 Å². The van der Waals surface area contributed by atoms with Gasteiger partial charge in [-0.25, -0.2) is 0 Å². The Morgan fingerprint density at radius 3 is 2.60 bits per heavy atom. The van der Waals surface area contributed by atoms with E-state index >= 15 is 0 Å². The molecular formula is C15H19BrN2OS. The lowest BCUT2D eigenvalue weighted by atomic mass is 9.94. The Labute approximate surface area is 132 Å². The lowest BCUT2D eigenvalue weighted by Crippen LogP contribution is -2.60. The zero-order chi connectivity index (χ0) is 14.2. The quantitative estimate of drug-likeness (QED) is 0.740. The molecule has 3 rings (SSSR count). The number of primary amides is 1. The van der Waals surface area contributed by atoms with Crippen LogP contribution in [0.1, 0.15) is 25.7 Å². The molecular weight excluding hydrogens is 336 g/mol. The van der Waals surface area contributed by atoms with E-state index in [9.17, 15) is 4.79 Å². The number of thioether (sulfide) groups is 1. The van der Waals surface area contributed by atoms with Crippen LogP contribution >= 0.6 is 27.7 Å². The van der Waals surface area contributed by atoms with E-state index in [1.807, 2.05) is 18.2 Å². The number of amides is 1. The third kappa shape index (κ3) is 3.05. The first-order valence-corrected chi connectivity index (χ1v) is 8.84. The van der Waals surface area contributed by atoms with Gasteiger partial charge in [0.15, 0.2) is 0 Å². The van der Waals surface area contributed by atoms with Crippen LogP contribution in [0.4, 0.5) is 0 Å². The minimum absolute atomic E-state index is 0.188. The van der Waals surface area contributed by atoms with Gasteiger partial charge in [0.25, 0.3) is 0 Å². The minimum atomic E-state index is -0.527. The lowest BCUT2D eigenvalue weighted by Gasteiger charge is -2.32. The average Bonchev–Trinajstić information content (AvgIpc) is 3.27. The molecule has 1 unspecified atom stereocenters. The van der Waals surface area contributed by atoms with Gasteiger partial charge in [-0.3, -0.25) is 10.1 Å². The van der Waals surface area contributed by atoms with Gasteiger partial charge in [-0.1, -0.05) is 12.1 Å².